The average molecular weight is 527 g/mol. The molecule has 1 atom stereocenters. The second-order valence-corrected chi connectivity index (χ2v) is 12.4. The lowest BCUT2D eigenvalue weighted by atomic mass is 9.83. The van der Waals surface area contributed by atoms with E-state index in [9.17, 15) is 23.3 Å². The number of amidine groups is 1. The molecule has 3 aliphatic rings. The van der Waals surface area contributed by atoms with Crippen LogP contribution in [-0.2, 0) is 19.4 Å². The van der Waals surface area contributed by atoms with Crippen molar-refractivity contribution in [1.29, 1.82) is 5.26 Å². The summed E-state index contributed by atoms with van der Waals surface area (Å²) in [5.41, 5.74) is 2.87. The summed E-state index contributed by atoms with van der Waals surface area (Å²) in [7, 11) is -3.44. The number of hydrazine groups is 1. The molecular formula is C25H30N6O5S. The van der Waals surface area contributed by atoms with E-state index in [1.54, 1.807) is 23.1 Å². The van der Waals surface area contributed by atoms with Crippen LogP contribution in [0.1, 0.15) is 40.0 Å². The molecule has 0 aliphatic carbocycles. The van der Waals surface area contributed by atoms with E-state index in [1.165, 1.54) is 18.3 Å². The zero-order valence-corrected chi connectivity index (χ0v) is 22.1. The van der Waals surface area contributed by atoms with Crippen LogP contribution < -0.4 is 5.43 Å². The Morgan fingerprint density at radius 1 is 1.32 bits per heavy atom. The van der Waals surface area contributed by atoms with Gasteiger partial charge in [0, 0.05) is 25.6 Å². The highest BCUT2D eigenvalue weighted by atomic mass is 32.2. The molecule has 0 radical (unpaired) electrons. The summed E-state index contributed by atoms with van der Waals surface area (Å²) in [6.07, 6.45) is 4.91. The van der Waals surface area contributed by atoms with Gasteiger partial charge in [0.25, 0.3) is 5.91 Å². The predicted molar refractivity (Wildman–Crippen MR) is 137 cm³/mol. The number of amides is 2. The SMILES string of the molecule is CC(C)(C)OC(=O)N1CCC(CC#N)(N2NC(=Nc3cccc(S(C)(=O)=O)c3)C3C(=O)N=CC=C32)CC1. The summed E-state index contributed by atoms with van der Waals surface area (Å²) in [5.74, 6) is -0.930. The Bertz CT molecular complexity index is 1340. The van der Waals surface area contributed by atoms with Gasteiger partial charge in [0.2, 0.25) is 0 Å². The number of hydrogen-bond donors (Lipinski definition) is 1. The van der Waals surface area contributed by atoms with Crippen LogP contribution in [0.15, 0.2) is 50.9 Å². The summed E-state index contributed by atoms with van der Waals surface area (Å²) < 4.78 is 29.5. The molecule has 0 aromatic heterocycles. The molecule has 1 unspecified atom stereocenters. The van der Waals surface area contributed by atoms with Crippen molar-refractivity contribution in [3.8, 4) is 6.07 Å². The normalized spacial score (nSPS) is 22.2. The zero-order chi connectivity index (χ0) is 27.0. The molecule has 0 spiro atoms. The number of carbonyl (C=O) groups excluding carboxylic acids is 2. The van der Waals surface area contributed by atoms with Crippen LogP contribution in [0.5, 0.6) is 0 Å². The van der Waals surface area contributed by atoms with Crippen molar-refractivity contribution in [2.45, 2.75) is 56.1 Å². The largest absolute Gasteiger partial charge is 0.444 e. The van der Waals surface area contributed by atoms with Crippen molar-refractivity contribution < 1.29 is 22.7 Å². The van der Waals surface area contributed by atoms with Crippen molar-refractivity contribution in [3.63, 3.8) is 0 Å². The first-order valence-electron chi connectivity index (χ1n) is 11.9. The Morgan fingerprint density at radius 3 is 2.65 bits per heavy atom. The number of carbonyl (C=O) groups is 2. The van der Waals surface area contributed by atoms with Crippen molar-refractivity contribution in [3.05, 3.63) is 36.0 Å². The number of sulfone groups is 1. The van der Waals surface area contributed by atoms with E-state index in [2.05, 4.69) is 21.5 Å². The van der Waals surface area contributed by atoms with Gasteiger partial charge in [0.05, 0.1) is 34.3 Å². The molecule has 0 saturated carbocycles. The lowest BCUT2D eigenvalue weighted by Crippen LogP contribution is -2.58. The molecular weight excluding hydrogens is 496 g/mol. The van der Waals surface area contributed by atoms with Gasteiger partial charge in [-0.15, -0.1) is 0 Å². The Labute approximate surface area is 216 Å². The van der Waals surface area contributed by atoms with Crippen LogP contribution in [0.2, 0.25) is 0 Å². The molecule has 196 valence electrons. The van der Waals surface area contributed by atoms with Gasteiger partial charge in [-0.25, -0.2) is 23.2 Å². The topological polar surface area (TPSA) is 145 Å². The van der Waals surface area contributed by atoms with Crippen LogP contribution in [0.4, 0.5) is 10.5 Å². The monoisotopic (exact) mass is 526 g/mol. The van der Waals surface area contributed by atoms with Gasteiger partial charge < -0.3 is 9.64 Å². The average Bonchev–Trinajstić information content (AvgIpc) is 3.18. The lowest BCUT2D eigenvalue weighted by molar-refractivity contribution is -0.119. The van der Waals surface area contributed by atoms with Gasteiger partial charge in [-0.05, 0) is 57.9 Å². The van der Waals surface area contributed by atoms with Crippen molar-refractivity contribution in [1.82, 2.24) is 15.3 Å². The van der Waals surface area contributed by atoms with E-state index >= 15 is 0 Å². The van der Waals surface area contributed by atoms with E-state index in [1.807, 2.05) is 25.8 Å². The van der Waals surface area contributed by atoms with E-state index in [-0.39, 0.29) is 11.3 Å². The smallest absolute Gasteiger partial charge is 0.410 e. The number of nitrogens with one attached hydrogen (secondary N) is 1. The van der Waals surface area contributed by atoms with Crippen LogP contribution in [0, 0.1) is 17.2 Å². The summed E-state index contributed by atoms with van der Waals surface area (Å²) >= 11 is 0. The number of likely N-dealkylation sites (tertiary alicyclic amines) is 1. The molecule has 3 aliphatic heterocycles. The molecule has 1 N–H and O–H groups in total. The molecule has 2 saturated heterocycles. The molecule has 0 bridgehead atoms. The maximum atomic E-state index is 12.9. The molecule has 4 rings (SSSR count). The number of piperidine rings is 1. The van der Waals surface area contributed by atoms with Gasteiger partial charge in [-0.3, -0.25) is 15.2 Å². The molecule has 2 amide bonds. The third-order valence-electron chi connectivity index (χ3n) is 6.47. The maximum absolute atomic E-state index is 12.9. The first-order chi connectivity index (χ1) is 17.3. The van der Waals surface area contributed by atoms with Crippen molar-refractivity contribution >= 4 is 39.6 Å². The first-order valence-corrected chi connectivity index (χ1v) is 13.8. The number of hydrogen-bond acceptors (Lipinski definition) is 8. The van der Waals surface area contributed by atoms with Gasteiger partial charge in [-0.1, -0.05) is 6.07 Å². The Hall–Kier alpha value is -3.72. The highest BCUT2D eigenvalue weighted by Crippen LogP contribution is 2.40. The predicted octanol–water partition coefficient (Wildman–Crippen LogP) is 2.73. The fourth-order valence-electron chi connectivity index (χ4n) is 4.65. The summed E-state index contributed by atoms with van der Waals surface area (Å²) in [4.78, 5) is 35.7. The van der Waals surface area contributed by atoms with Crippen LogP contribution in [-0.4, -0.2) is 72.9 Å². The highest BCUT2D eigenvalue weighted by Gasteiger charge is 2.50. The maximum Gasteiger partial charge on any atom is 0.410 e. The number of fused-ring (bicyclic) bond motifs is 1. The van der Waals surface area contributed by atoms with Crippen LogP contribution in [0.3, 0.4) is 0 Å². The molecule has 3 heterocycles. The molecule has 11 nitrogen and oxygen atoms in total. The van der Waals surface area contributed by atoms with E-state index < -0.39 is 38.9 Å². The number of benzene rings is 1. The minimum Gasteiger partial charge on any atom is -0.444 e. The molecule has 12 heteroatoms. The fraction of sp³-hybridized carbons (Fsp3) is 0.480. The fourth-order valence-corrected chi connectivity index (χ4v) is 5.31. The van der Waals surface area contributed by atoms with Crippen LogP contribution in [0.25, 0.3) is 0 Å². The molecule has 1 aromatic carbocycles. The third kappa shape index (κ3) is 5.51. The van der Waals surface area contributed by atoms with Crippen LogP contribution >= 0.6 is 0 Å². The van der Waals surface area contributed by atoms with Gasteiger partial charge in [0.15, 0.2) is 9.84 Å². The highest BCUT2D eigenvalue weighted by molar-refractivity contribution is 7.90. The van der Waals surface area contributed by atoms with Gasteiger partial charge >= 0.3 is 6.09 Å². The molecule has 1 aromatic rings. The van der Waals surface area contributed by atoms with E-state index in [0.29, 0.717) is 43.2 Å². The summed E-state index contributed by atoms with van der Waals surface area (Å²) in [6.45, 7) is 6.17. The van der Waals surface area contributed by atoms with Crippen molar-refractivity contribution in [2.24, 2.45) is 15.9 Å². The number of ether oxygens (including phenoxy) is 1. The zero-order valence-electron chi connectivity index (χ0n) is 21.3. The number of nitriles is 1. The number of allylic oxidation sites excluding steroid dienone is 1. The Kier molecular flexibility index (Phi) is 6.85. The number of nitrogens with zero attached hydrogens (tertiary/aromatic N) is 5. The number of dihydropyridines is 1. The summed E-state index contributed by atoms with van der Waals surface area (Å²) in [5, 5.41) is 11.5. The van der Waals surface area contributed by atoms with E-state index in [4.69, 9.17) is 4.74 Å². The van der Waals surface area contributed by atoms with Crippen molar-refractivity contribution in [2.75, 3.05) is 19.3 Å². The molecule has 37 heavy (non-hydrogen) atoms. The lowest BCUT2D eigenvalue weighted by Gasteiger charge is -2.47. The second kappa shape index (κ2) is 9.63. The third-order valence-corrected chi connectivity index (χ3v) is 7.58. The standard InChI is InChI=1S/C25H30N6O5S/c1-24(2,3)36-23(33)30-14-10-25(9-12-26,11-15-30)31-19-8-13-27-22(32)20(19)21(29-31)28-17-6-5-7-18(16-17)37(4,34)35/h5-8,13,16,20H,9-11,14-15H2,1-4H3,(H,28,29). The Balaban J connectivity index is 1.65. The summed E-state index contributed by atoms with van der Waals surface area (Å²) in [6, 6.07) is 8.42. The number of rotatable bonds is 4. The van der Waals surface area contributed by atoms with Gasteiger partial charge in [0.1, 0.15) is 17.4 Å². The minimum atomic E-state index is -3.44. The number of aliphatic imine (C=N–C) groups is 2. The Morgan fingerprint density at radius 2 is 2.03 bits per heavy atom. The minimum absolute atomic E-state index is 0.114. The second-order valence-electron chi connectivity index (χ2n) is 10.4. The first kappa shape index (κ1) is 26.3. The van der Waals surface area contributed by atoms with Gasteiger partial charge in [-0.2, -0.15) is 5.26 Å². The molecule has 2 fully saturated rings. The van der Waals surface area contributed by atoms with E-state index in [0.717, 1.165) is 6.26 Å². The quantitative estimate of drug-likeness (QED) is 0.630.